The second kappa shape index (κ2) is 8.07. The number of aliphatic hydroxyl groups is 1. The van der Waals surface area contributed by atoms with Crippen LogP contribution in [-0.4, -0.2) is 47.3 Å². The molecule has 0 spiro atoms. The van der Waals surface area contributed by atoms with Gasteiger partial charge in [0.25, 0.3) is 5.91 Å². The van der Waals surface area contributed by atoms with E-state index in [1.54, 1.807) is 32.9 Å². The smallest absolute Gasteiger partial charge is 0.252 e. The number of rotatable bonds is 2. The zero-order valence-corrected chi connectivity index (χ0v) is 17.7. The molecule has 1 amide bonds. The molecule has 1 aliphatic rings. The molecule has 0 aliphatic carbocycles. The fourth-order valence-corrected chi connectivity index (χ4v) is 2.10. The van der Waals surface area contributed by atoms with Crippen LogP contribution in [0.3, 0.4) is 0 Å². The summed E-state index contributed by atoms with van der Waals surface area (Å²) < 4.78 is 10.9. The summed E-state index contributed by atoms with van der Waals surface area (Å²) >= 11 is 0. The molecule has 22 heavy (non-hydrogen) atoms. The minimum atomic E-state index is -0.853. The van der Waals surface area contributed by atoms with Crippen molar-refractivity contribution in [1.82, 2.24) is 5.32 Å². The van der Waals surface area contributed by atoms with Gasteiger partial charge >= 0.3 is 0 Å². The first kappa shape index (κ1) is 19.9. The fraction of sp³-hybridized carbons (Fsp3) is 0.533. The number of aromatic hydroxyl groups is 1. The molecule has 1 radical (unpaired) electrons. The Balaban J connectivity index is 0.00000242. The van der Waals surface area contributed by atoms with Crippen LogP contribution in [0.4, 0.5) is 0 Å². The van der Waals surface area contributed by atoms with Crippen LogP contribution in [0, 0.1) is 51.0 Å². The molecule has 7 heteroatoms. The number of hydrogen-bond donors (Lipinski definition) is 3. The van der Waals surface area contributed by atoms with Gasteiger partial charge in [0.2, 0.25) is 0 Å². The van der Waals surface area contributed by atoms with Gasteiger partial charge in [0.05, 0.1) is 25.4 Å². The topological polar surface area (TPSA) is 88.0 Å². The predicted octanol–water partition coefficient (Wildman–Crippen LogP) is 0.943. The predicted molar refractivity (Wildman–Crippen MR) is 76.1 cm³/mol. The van der Waals surface area contributed by atoms with Crippen molar-refractivity contribution in [2.24, 2.45) is 0 Å². The van der Waals surface area contributed by atoms with E-state index in [-0.39, 0.29) is 68.9 Å². The maximum absolute atomic E-state index is 12.3. The van der Waals surface area contributed by atoms with Crippen LogP contribution in [0.15, 0.2) is 18.2 Å². The Morgan fingerprint density at radius 2 is 1.95 bits per heavy atom. The molecule has 3 N–H and O–H groups in total. The average Bonchev–Trinajstić information content (AvgIpc) is 2.55. The van der Waals surface area contributed by atoms with Crippen LogP contribution in [-0.2, 0) is 9.47 Å². The Kier molecular flexibility index (Phi) is 7.29. The van der Waals surface area contributed by atoms with E-state index in [1.165, 1.54) is 6.07 Å². The van der Waals surface area contributed by atoms with E-state index in [1.807, 2.05) is 0 Å². The van der Waals surface area contributed by atoms with E-state index < -0.39 is 17.9 Å². The molecule has 1 fully saturated rings. The van der Waals surface area contributed by atoms with E-state index in [0.29, 0.717) is 11.1 Å². The molecule has 1 heterocycles. The van der Waals surface area contributed by atoms with Crippen molar-refractivity contribution in [3.63, 3.8) is 0 Å². The number of carbonyl (C=O) groups is 1. The molecule has 6 nitrogen and oxygen atoms in total. The van der Waals surface area contributed by atoms with Gasteiger partial charge in [-0.3, -0.25) is 4.79 Å². The molecule has 2 atom stereocenters. The van der Waals surface area contributed by atoms with Crippen molar-refractivity contribution in [3.05, 3.63) is 29.3 Å². The van der Waals surface area contributed by atoms with E-state index in [9.17, 15) is 15.0 Å². The van der Waals surface area contributed by atoms with Gasteiger partial charge in [0, 0.05) is 55.2 Å². The second-order valence-electron chi connectivity index (χ2n) is 5.62. The number of amides is 1. The summed E-state index contributed by atoms with van der Waals surface area (Å²) in [6, 6.07) is 4.17. The molecule has 0 saturated carbocycles. The van der Waals surface area contributed by atoms with Crippen LogP contribution in [0.2, 0.25) is 0 Å². The average molecular weight is 522 g/mol. The van der Waals surface area contributed by atoms with Crippen molar-refractivity contribution in [3.8, 4) is 5.75 Å². The van der Waals surface area contributed by atoms with Gasteiger partial charge in [-0.05, 0) is 32.9 Å². The normalized spacial score (nSPS) is 24.0. The van der Waals surface area contributed by atoms with Crippen LogP contribution in [0.5, 0.6) is 5.75 Å². The van der Waals surface area contributed by atoms with Crippen LogP contribution in [0.1, 0.15) is 29.8 Å². The molecule has 119 valence electrons. The van der Waals surface area contributed by atoms with Gasteiger partial charge in [-0.2, -0.15) is 0 Å². The third kappa shape index (κ3) is 4.90. The maximum Gasteiger partial charge on any atom is 0.252 e. The van der Waals surface area contributed by atoms with Gasteiger partial charge in [-0.1, -0.05) is 6.07 Å². The summed E-state index contributed by atoms with van der Waals surface area (Å²) in [7, 11) is 0. The molecule has 1 saturated heterocycles. The number of ether oxygens (including phenoxy) is 2. The van der Waals surface area contributed by atoms with Crippen LogP contribution >= 0.6 is 0 Å². The SMILES string of the molecule is Cc1c(O)cccc1C(=O)NC1COC(C)(C)OCC1O.[Ac]. The van der Waals surface area contributed by atoms with Crippen LogP contribution in [0.25, 0.3) is 0 Å². The molecule has 0 aromatic heterocycles. The van der Waals surface area contributed by atoms with Crippen molar-refractivity contribution in [2.75, 3.05) is 13.2 Å². The Bertz CT molecular complexity index is 535. The Hall–Kier alpha value is -0.188. The van der Waals surface area contributed by atoms with Gasteiger partial charge < -0.3 is 25.0 Å². The van der Waals surface area contributed by atoms with Gasteiger partial charge in [-0.15, -0.1) is 0 Å². The number of phenols is 1. The molecular formula is C15H21AcNO5. The summed E-state index contributed by atoms with van der Waals surface area (Å²) in [5, 5.41) is 22.4. The van der Waals surface area contributed by atoms with Crippen molar-refractivity contribution in [2.45, 2.75) is 38.7 Å². The number of aliphatic hydroxyl groups excluding tert-OH is 1. The third-order valence-corrected chi connectivity index (χ3v) is 3.54. The van der Waals surface area contributed by atoms with Crippen molar-refractivity contribution >= 4 is 5.91 Å². The first-order chi connectivity index (χ1) is 9.80. The Morgan fingerprint density at radius 3 is 2.64 bits per heavy atom. The second-order valence-corrected chi connectivity index (χ2v) is 5.62. The van der Waals surface area contributed by atoms with Gasteiger partial charge in [-0.25, -0.2) is 0 Å². The Morgan fingerprint density at radius 1 is 1.32 bits per heavy atom. The number of nitrogens with one attached hydrogen (secondary N) is 1. The minimum Gasteiger partial charge on any atom is -0.508 e. The molecule has 1 aromatic carbocycles. The number of phenolic OH excluding ortho intramolecular Hbond substituents is 1. The largest absolute Gasteiger partial charge is 0.508 e. The molecule has 1 aliphatic heterocycles. The summed E-state index contributed by atoms with van der Waals surface area (Å²) in [5.41, 5.74) is 0.863. The summed E-state index contributed by atoms with van der Waals surface area (Å²) in [6.07, 6.45) is -0.853. The Labute approximate surface area is 165 Å². The number of benzene rings is 1. The van der Waals surface area contributed by atoms with Crippen molar-refractivity contribution < 1.29 is 68.5 Å². The number of hydrogen-bond acceptors (Lipinski definition) is 5. The van der Waals surface area contributed by atoms with Gasteiger partial charge in [0.1, 0.15) is 5.75 Å². The number of carbonyl (C=O) groups excluding carboxylic acids is 1. The maximum atomic E-state index is 12.3. The van der Waals surface area contributed by atoms with Gasteiger partial charge in [0.15, 0.2) is 5.79 Å². The molecule has 2 rings (SSSR count). The van der Waals surface area contributed by atoms with E-state index in [4.69, 9.17) is 9.47 Å². The monoisotopic (exact) mass is 522 g/mol. The van der Waals surface area contributed by atoms with E-state index in [0.717, 1.165) is 0 Å². The molecule has 1 aromatic rings. The third-order valence-electron chi connectivity index (χ3n) is 3.54. The summed E-state index contributed by atoms with van der Waals surface area (Å²) in [5.74, 6) is -1.10. The summed E-state index contributed by atoms with van der Waals surface area (Å²) in [6.45, 7) is 5.40. The molecular weight excluding hydrogens is 501 g/mol. The quantitative estimate of drug-likeness (QED) is 0.539. The standard InChI is InChI=1S/C15H21NO5.Ac/c1-9-10(5-4-6-12(9)17)14(19)16-11-7-20-15(2,3)21-8-13(11)18;/h4-6,11,13,17-18H,7-8H2,1-3H3,(H,16,19);. The molecule has 0 bridgehead atoms. The fourth-order valence-electron chi connectivity index (χ4n) is 2.10. The van der Waals surface area contributed by atoms with E-state index >= 15 is 0 Å². The van der Waals surface area contributed by atoms with Crippen LogP contribution < -0.4 is 5.32 Å². The minimum absolute atomic E-state index is 0. The zero-order chi connectivity index (χ0) is 15.6. The van der Waals surface area contributed by atoms with Crippen molar-refractivity contribution in [1.29, 1.82) is 0 Å². The zero-order valence-electron chi connectivity index (χ0n) is 13.0. The first-order valence-corrected chi connectivity index (χ1v) is 6.85. The summed E-state index contributed by atoms with van der Waals surface area (Å²) in [4.78, 5) is 12.3. The molecule has 2 unspecified atom stereocenters. The van der Waals surface area contributed by atoms with E-state index in [2.05, 4.69) is 5.32 Å². The first-order valence-electron chi connectivity index (χ1n) is 6.85.